The van der Waals surface area contributed by atoms with Crippen LogP contribution >= 0.6 is 0 Å². The van der Waals surface area contributed by atoms with Gasteiger partial charge < -0.3 is 18.9 Å². The third kappa shape index (κ3) is 4.61. The zero-order valence-electron chi connectivity index (χ0n) is 17.0. The third-order valence-electron chi connectivity index (χ3n) is 5.90. The monoisotopic (exact) mass is 375 g/mol. The minimum absolute atomic E-state index is 0.155. The lowest BCUT2D eigenvalue weighted by molar-refractivity contribution is -0.130. The van der Waals surface area contributed by atoms with E-state index in [2.05, 4.69) is 9.97 Å². The Balaban J connectivity index is 1.48. The number of carbonyl (C=O) groups excluding carboxylic acids is 1. The van der Waals surface area contributed by atoms with Gasteiger partial charge in [-0.05, 0) is 52.9 Å². The van der Waals surface area contributed by atoms with E-state index in [9.17, 15) is 4.79 Å². The first kappa shape index (κ1) is 20.1. The lowest BCUT2D eigenvalue weighted by atomic mass is 9.81. The van der Waals surface area contributed by atoms with Gasteiger partial charge in [0.15, 0.2) is 0 Å². The van der Waals surface area contributed by atoms with Crippen LogP contribution in [-0.4, -0.2) is 58.8 Å². The molecule has 2 aliphatic rings. The lowest BCUT2D eigenvalue weighted by Gasteiger charge is -2.32. The number of carbonyl (C=O) groups is 1. The molecule has 27 heavy (non-hydrogen) atoms. The number of piperidine rings is 1. The van der Waals surface area contributed by atoms with Crippen LogP contribution in [0, 0.1) is 5.92 Å². The average Bonchev–Trinajstić information content (AvgIpc) is 2.83. The summed E-state index contributed by atoms with van der Waals surface area (Å²) in [6.07, 6.45) is 6.48. The highest BCUT2D eigenvalue weighted by molar-refractivity contribution is 6.61. The molecule has 1 aromatic rings. The Labute approximate surface area is 161 Å². The van der Waals surface area contributed by atoms with Crippen LogP contribution in [0.2, 0.25) is 0 Å². The molecular weight excluding hydrogens is 345 g/mol. The summed E-state index contributed by atoms with van der Waals surface area (Å²) in [6.45, 7) is 11.9. The van der Waals surface area contributed by atoms with Crippen LogP contribution in [0.25, 0.3) is 0 Å². The second-order valence-corrected chi connectivity index (χ2v) is 8.50. The first-order chi connectivity index (χ1) is 12.7. The summed E-state index contributed by atoms with van der Waals surface area (Å²) < 4.78 is 17.7. The van der Waals surface area contributed by atoms with Crippen LogP contribution in [0.3, 0.4) is 0 Å². The fraction of sp³-hybridized carbons (Fsp3) is 0.737. The molecule has 148 valence electrons. The zero-order valence-corrected chi connectivity index (χ0v) is 17.0. The Bertz CT molecular complexity index is 649. The van der Waals surface area contributed by atoms with Crippen molar-refractivity contribution in [2.45, 2.75) is 65.1 Å². The normalized spacial score (nSPS) is 24.1. The van der Waals surface area contributed by atoms with E-state index in [1.165, 1.54) is 0 Å². The van der Waals surface area contributed by atoms with Crippen molar-refractivity contribution < 1.29 is 18.8 Å². The van der Waals surface area contributed by atoms with Gasteiger partial charge in [-0.15, -0.1) is 0 Å². The van der Waals surface area contributed by atoms with E-state index in [0.29, 0.717) is 18.5 Å². The van der Waals surface area contributed by atoms with Crippen molar-refractivity contribution in [3.8, 4) is 6.01 Å². The standard InChI is InChI=1S/C19H30BN3O4/c1-14(24)23-9-6-7-15(13-23)8-10-25-17-21-11-16(12-22-17)20-26-18(2,3)19(4,5)27-20/h11-12,15H,6-10,13H2,1-5H3/t15-/m1/s1. The molecule has 3 rings (SSSR count). The summed E-state index contributed by atoms with van der Waals surface area (Å²) in [5, 5.41) is 0. The molecule has 1 atom stereocenters. The van der Waals surface area contributed by atoms with Crippen molar-refractivity contribution in [3.05, 3.63) is 12.4 Å². The average molecular weight is 375 g/mol. The van der Waals surface area contributed by atoms with E-state index in [-0.39, 0.29) is 17.1 Å². The van der Waals surface area contributed by atoms with Gasteiger partial charge in [0, 0.05) is 37.9 Å². The van der Waals surface area contributed by atoms with Crippen molar-refractivity contribution in [3.63, 3.8) is 0 Å². The van der Waals surface area contributed by atoms with E-state index in [4.69, 9.17) is 14.0 Å². The molecule has 7 nitrogen and oxygen atoms in total. The molecule has 0 spiro atoms. The van der Waals surface area contributed by atoms with Gasteiger partial charge in [0.2, 0.25) is 5.91 Å². The Morgan fingerprint density at radius 3 is 2.48 bits per heavy atom. The number of ether oxygens (including phenoxy) is 1. The molecular formula is C19H30BN3O4. The van der Waals surface area contributed by atoms with Crippen LogP contribution in [-0.2, 0) is 14.1 Å². The molecule has 2 fully saturated rings. The van der Waals surface area contributed by atoms with Crippen molar-refractivity contribution in [1.82, 2.24) is 14.9 Å². The molecule has 0 radical (unpaired) electrons. The molecule has 0 saturated carbocycles. The quantitative estimate of drug-likeness (QED) is 0.731. The topological polar surface area (TPSA) is 73.8 Å². The molecule has 0 N–H and O–H groups in total. The van der Waals surface area contributed by atoms with E-state index < -0.39 is 7.12 Å². The van der Waals surface area contributed by atoms with Crippen LogP contribution in [0.5, 0.6) is 6.01 Å². The maximum absolute atomic E-state index is 11.5. The number of nitrogens with zero attached hydrogens (tertiary/aromatic N) is 3. The summed E-state index contributed by atoms with van der Waals surface area (Å²) in [5.41, 5.74) is 0.00615. The molecule has 2 aliphatic heterocycles. The van der Waals surface area contributed by atoms with Crippen molar-refractivity contribution in [2.75, 3.05) is 19.7 Å². The van der Waals surface area contributed by atoms with Crippen LogP contribution < -0.4 is 10.2 Å². The fourth-order valence-electron chi connectivity index (χ4n) is 3.41. The highest BCUT2D eigenvalue weighted by Crippen LogP contribution is 2.36. The maximum atomic E-state index is 11.5. The van der Waals surface area contributed by atoms with Gasteiger partial charge in [0.1, 0.15) is 0 Å². The summed E-state index contributed by atoms with van der Waals surface area (Å²) in [7, 11) is -0.469. The molecule has 0 unspecified atom stereocenters. The second-order valence-electron chi connectivity index (χ2n) is 8.50. The number of likely N-dealkylation sites (tertiary alicyclic amines) is 1. The van der Waals surface area contributed by atoms with Gasteiger partial charge in [-0.2, -0.15) is 0 Å². The van der Waals surface area contributed by atoms with Crippen LogP contribution in [0.15, 0.2) is 12.4 Å². The first-order valence-electron chi connectivity index (χ1n) is 9.74. The minimum Gasteiger partial charge on any atom is -0.463 e. The molecule has 2 saturated heterocycles. The molecule has 3 heterocycles. The Morgan fingerprint density at radius 1 is 1.26 bits per heavy atom. The van der Waals surface area contributed by atoms with E-state index >= 15 is 0 Å². The SMILES string of the molecule is CC(=O)N1CCC[C@H](CCOc2ncc(B3OC(C)(C)C(C)(C)O3)cn2)C1. The maximum Gasteiger partial charge on any atom is 0.498 e. The van der Waals surface area contributed by atoms with Crippen molar-refractivity contribution in [2.24, 2.45) is 5.92 Å². The fourth-order valence-corrected chi connectivity index (χ4v) is 3.41. The number of hydrogen-bond donors (Lipinski definition) is 0. The predicted octanol–water partition coefficient (Wildman–Crippen LogP) is 1.80. The number of rotatable bonds is 5. The Kier molecular flexibility index (Phi) is 5.77. The van der Waals surface area contributed by atoms with Gasteiger partial charge in [0.05, 0.1) is 17.8 Å². The summed E-state index contributed by atoms with van der Waals surface area (Å²) in [6, 6.07) is 0.356. The van der Waals surface area contributed by atoms with Gasteiger partial charge in [-0.3, -0.25) is 4.79 Å². The smallest absolute Gasteiger partial charge is 0.463 e. The highest BCUT2D eigenvalue weighted by atomic mass is 16.7. The van der Waals surface area contributed by atoms with Gasteiger partial charge >= 0.3 is 13.1 Å². The number of amides is 1. The molecule has 0 bridgehead atoms. The summed E-state index contributed by atoms with van der Waals surface area (Å²) in [4.78, 5) is 22.0. The second kappa shape index (κ2) is 7.76. The highest BCUT2D eigenvalue weighted by Gasteiger charge is 2.51. The zero-order chi connectivity index (χ0) is 19.7. The molecule has 0 aromatic carbocycles. The largest absolute Gasteiger partial charge is 0.498 e. The van der Waals surface area contributed by atoms with Gasteiger partial charge in [0.25, 0.3) is 0 Å². The van der Waals surface area contributed by atoms with E-state index in [0.717, 1.165) is 37.8 Å². The lowest BCUT2D eigenvalue weighted by Crippen LogP contribution is -2.41. The summed E-state index contributed by atoms with van der Waals surface area (Å²) in [5.74, 6) is 0.633. The Morgan fingerprint density at radius 2 is 1.89 bits per heavy atom. The minimum atomic E-state index is -0.469. The third-order valence-corrected chi connectivity index (χ3v) is 5.90. The molecule has 1 aromatic heterocycles. The van der Waals surface area contributed by atoms with Crippen LogP contribution in [0.4, 0.5) is 0 Å². The molecule has 8 heteroatoms. The number of aromatic nitrogens is 2. The van der Waals surface area contributed by atoms with Crippen LogP contribution in [0.1, 0.15) is 53.9 Å². The Hall–Kier alpha value is -1.67. The molecule has 1 amide bonds. The van der Waals surface area contributed by atoms with Gasteiger partial charge in [-0.1, -0.05) is 0 Å². The van der Waals surface area contributed by atoms with Crippen molar-refractivity contribution >= 4 is 18.5 Å². The van der Waals surface area contributed by atoms with Crippen molar-refractivity contribution in [1.29, 1.82) is 0 Å². The van der Waals surface area contributed by atoms with Gasteiger partial charge in [-0.25, -0.2) is 9.97 Å². The predicted molar refractivity (Wildman–Crippen MR) is 103 cm³/mol. The molecule has 0 aliphatic carbocycles. The summed E-state index contributed by atoms with van der Waals surface area (Å²) >= 11 is 0. The van der Waals surface area contributed by atoms with E-state index in [1.54, 1.807) is 19.3 Å². The van der Waals surface area contributed by atoms with E-state index in [1.807, 2.05) is 32.6 Å². The first-order valence-corrected chi connectivity index (χ1v) is 9.74. The number of hydrogen-bond acceptors (Lipinski definition) is 6.